The van der Waals surface area contributed by atoms with Crippen molar-refractivity contribution in [3.8, 4) is 0 Å². The van der Waals surface area contributed by atoms with Crippen LogP contribution >= 0.6 is 0 Å². The minimum atomic E-state index is -0.575. The molecule has 0 spiro atoms. The highest BCUT2D eigenvalue weighted by Crippen LogP contribution is 2.27. The Morgan fingerprint density at radius 2 is 1.71 bits per heavy atom. The van der Waals surface area contributed by atoms with Crippen LogP contribution in [0.25, 0.3) is 0 Å². The van der Waals surface area contributed by atoms with Crippen LogP contribution in [0.5, 0.6) is 0 Å². The third kappa shape index (κ3) is 5.14. The van der Waals surface area contributed by atoms with Crippen molar-refractivity contribution < 1.29 is 19.3 Å². The number of likely N-dealkylation sites (tertiary alicyclic amines) is 1. The molecule has 162 valence electrons. The van der Waals surface area contributed by atoms with E-state index in [1.54, 1.807) is 35.2 Å². The highest BCUT2D eigenvalue weighted by molar-refractivity contribution is 6.14. The fraction of sp³-hybridized carbons (Fsp3) is 0.348. The first-order chi connectivity index (χ1) is 14.8. The summed E-state index contributed by atoms with van der Waals surface area (Å²) in [6.45, 7) is 4.71. The van der Waals surface area contributed by atoms with Crippen LogP contribution in [0.3, 0.4) is 0 Å². The molecule has 1 aliphatic rings. The van der Waals surface area contributed by atoms with Gasteiger partial charge in [-0.05, 0) is 18.9 Å². The van der Waals surface area contributed by atoms with Gasteiger partial charge in [0.15, 0.2) is 5.78 Å². The first-order valence-corrected chi connectivity index (χ1v) is 10.3. The third-order valence-electron chi connectivity index (χ3n) is 5.42. The lowest BCUT2D eigenvalue weighted by molar-refractivity contribution is -0.384. The number of nitro groups is 1. The molecule has 0 aliphatic carbocycles. The van der Waals surface area contributed by atoms with Crippen LogP contribution in [0.2, 0.25) is 0 Å². The number of nitrogens with zero attached hydrogens (tertiary/aromatic N) is 2. The van der Waals surface area contributed by atoms with E-state index in [4.69, 9.17) is 0 Å². The van der Waals surface area contributed by atoms with Gasteiger partial charge in [0.2, 0.25) is 11.8 Å². The number of non-ortho nitro benzene ring substituents is 1. The zero-order valence-corrected chi connectivity index (χ0v) is 17.5. The number of amides is 2. The van der Waals surface area contributed by atoms with E-state index < -0.39 is 10.7 Å². The van der Waals surface area contributed by atoms with Gasteiger partial charge in [0.1, 0.15) is 0 Å². The molecule has 3 rings (SSSR count). The van der Waals surface area contributed by atoms with Gasteiger partial charge in [0, 0.05) is 42.6 Å². The maximum atomic E-state index is 13.0. The van der Waals surface area contributed by atoms with Gasteiger partial charge in [0.25, 0.3) is 5.69 Å². The molecule has 1 saturated heterocycles. The van der Waals surface area contributed by atoms with Crippen molar-refractivity contribution in [2.75, 3.05) is 18.4 Å². The lowest BCUT2D eigenvalue weighted by Crippen LogP contribution is -2.43. The quantitative estimate of drug-likeness (QED) is 0.433. The van der Waals surface area contributed by atoms with Crippen molar-refractivity contribution >= 4 is 29.0 Å². The number of hydrogen-bond donors (Lipinski definition) is 1. The maximum absolute atomic E-state index is 13.0. The SMILES string of the molecule is CC(C)C(=O)N1CCC(C(=O)Nc2ccc([N+](=O)[O-])cc2C(=O)c2ccccc2)CC1. The minimum Gasteiger partial charge on any atom is -0.342 e. The number of rotatable bonds is 6. The summed E-state index contributed by atoms with van der Waals surface area (Å²) >= 11 is 0. The second-order valence-corrected chi connectivity index (χ2v) is 7.93. The van der Waals surface area contributed by atoms with E-state index in [1.807, 2.05) is 13.8 Å². The molecule has 0 aromatic heterocycles. The van der Waals surface area contributed by atoms with Crippen molar-refractivity contribution in [1.29, 1.82) is 0 Å². The maximum Gasteiger partial charge on any atom is 0.270 e. The van der Waals surface area contributed by atoms with E-state index in [0.29, 0.717) is 31.5 Å². The molecule has 1 N–H and O–H groups in total. The third-order valence-corrected chi connectivity index (χ3v) is 5.42. The predicted molar refractivity (Wildman–Crippen MR) is 116 cm³/mol. The fourth-order valence-corrected chi connectivity index (χ4v) is 3.65. The van der Waals surface area contributed by atoms with E-state index in [-0.39, 0.29) is 40.6 Å². The number of benzene rings is 2. The molecule has 0 unspecified atom stereocenters. The fourth-order valence-electron chi connectivity index (χ4n) is 3.65. The van der Waals surface area contributed by atoms with Gasteiger partial charge in [-0.1, -0.05) is 44.2 Å². The number of nitrogens with one attached hydrogen (secondary N) is 1. The Labute approximate surface area is 180 Å². The Hall–Kier alpha value is -3.55. The van der Waals surface area contributed by atoms with Crippen LogP contribution < -0.4 is 5.32 Å². The van der Waals surface area contributed by atoms with E-state index >= 15 is 0 Å². The van der Waals surface area contributed by atoms with E-state index in [1.165, 1.54) is 18.2 Å². The summed E-state index contributed by atoms with van der Waals surface area (Å²) in [5.74, 6) is -0.974. The summed E-state index contributed by atoms with van der Waals surface area (Å²) in [5, 5.41) is 14.0. The van der Waals surface area contributed by atoms with Gasteiger partial charge in [-0.25, -0.2) is 0 Å². The van der Waals surface area contributed by atoms with E-state index in [2.05, 4.69) is 5.32 Å². The highest BCUT2D eigenvalue weighted by atomic mass is 16.6. The summed E-state index contributed by atoms with van der Waals surface area (Å²) in [5.41, 5.74) is 0.461. The zero-order valence-electron chi connectivity index (χ0n) is 17.5. The monoisotopic (exact) mass is 423 g/mol. The van der Waals surface area contributed by atoms with Crippen molar-refractivity contribution in [2.24, 2.45) is 11.8 Å². The Morgan fingerprint density at radius 3 is 2.29 bits per heavy atom. The number of ketones is 1. The summed E-state index contributed by atoms with van der Waals surface area (Å²) in [6, 6.07) is 12.3. The average Bonchev–Trinajstić information content (AvgIpc) is 2.78. The second-order valence-electron chi connectivity index (χ2n) is 7.93. The molecule has 31 heavy (non-hydrogen) atoms. The molecule has 2 aromatic rings. The molecule has 8 heteroatoms. The molecule has 2 amide bonds. The van der Waals surface area contributed by atoms with Gasteiger partial charge in [-0.2, -0.15) is 0 Å². The van der Waals surface area contributed by atoms with Crippen molar-refractivity contribution in [2.45, 2.75) is 26.7 Å². The van der Waals surface area contributed by atoms with Crippen LogP contribution in [-0.4, -0.2) is 40.5 Å². The second kappa shape index (κ2) is 9.51. The molecule has 1 heterocycles. The van der Waals surface area contributed by atoms with Gasteiger partial charge < -0.3 is 10.2 Å². The normalized spacial score (nSPS) is 14.4. The lowest BCUT2D eigenvalue weighted by Gasteiger charge is -2.32. The summed E-state index contributed by atoms with van der Waals surface area (Å²) in [7, 11) is 0. The van der Waals surface area contributed by atoms with E-state index in [9.17, 15) is 24.5 Å². The molecule has 0 radical (unpaired) electrons. The van der Waals surface area contributed by atoms with Gasteiger partial charge in [-0.15, -0.1) is 0 Å². The number of nitro benzene ring substituents is 1. The topological polar surface area (TPSA) is 110 Å². The first kappa shape index (κ1) is 22.1. The van der Waals surface area contributed by atoms with Crippen molar-refractivity contribution in [3.63, 3.8) is 0 Å². The van der Waals surface area contributed by atoms with Gasteiger partial charge >= 0.3 is 0 Å². The molecule has 0 bridgehead atoms. The number of carbonyl (C=O) groups is 3. The zero-order chi connectivity index (χ0) is 22.5. The number of carbonyl (C=O) groups excluding carboxylic acids is 3. The first-order valence-electron chi connectivity index (χ1n) is 10.3. The Morgan fingerprint density at radius 1 is 1.06 bits per heavy atom. The molecule has 1 fully saturated rings. The van der Waals surface area contributed by atoms with Crippen molar-refractivity contribution in [3.05, 3.63) is 69.8 Å². The smallest absolute Gasteiger partial charge is 0.270 e. The molecule has 0 saturated carbocycles. The molecule has 1 aliphatic heterocycles. The lowest BCUT2D eigenvalue weighted by atomic mass is 9.94. The average molecular weight is 423 g/mol. The Bertz CT molecular complexity index is 996. The number of anilines is 1. The molecule has 8 nitrogen and oxygen atoms in total. The summed E-state index contributed by atoms with van der Waals surface area (Å²) < 4.78 is 0. The van der Waals surface area contributed by atoms with Crippen LogP contribution in [0.1, 0.15) is 42.6 Å². The molecule has 2 aromatic carbocycles. The number of piperidine rings is 1. The minimum absolute atomic E-state index is 0.0705. The highest BCUT2D eigenvalue weighted by Gasteiger charge is 2.29. The van der Waals surface area contributed by atoms with Crippen molar-refractivity contribution in [1.82, 2.24) is 4.90 Å². The summed E-state index contributed by atoms with van der Waals surface area (Å²) in [6.07, 6.45) is 1.05. The molecule has 0 atom stereocenters. The standard InChI is InChI=1S/C23H25N3O5/c1-15(2)23(29)25-12-10-17(11-13-25)22(28)24-20-9-8-18(26(30)31)14-19(20)21(27)16-6-4-3-5-7-16/h3-9,14-15,17H,10-13H2,1-2H3,(H,24,28). The number of hydrogen-bond acceptors (Lipinski definition) is 5. The summed E-state index contributed by atoms with van der Waals surface area (Å²) in [4.78, 5) is 50.3. The van der Waals surface area contributed by atoms with Gasteiger partial charge in [-0.3, -0.25) is 24.5 Å². The molecular formula is C23H25N3O5. The van der Waals surface area contributed by atoms with Crippen LogP contribution in [0, 0.1) is 22.0 Å². The Balaban J connectivity index is 1.78. The largest absolute Gasteiger partial charge is 0.342 e. The molecular weight excluding hydrogens is 398 g/mol. The van der Waals surface area contributed by atoms with Crippen LogP contribution in [0.15, 0.2) is 48.5 Å². The Kier molecular flexibility index (Phi) is 6.79. The predicted octanol–water partition coefficient (Wildman–Crippen LogP) is 3.66. The van der Waals surface area contributed by atoms with E-state index in [0.717, 1.165) is 0 Å². The van der Waals surface area contributed by atoms with Gasteiger partial charge in [0.05, 0.1) is 16.2 Å². The van der Waals surface area contributed by atoms with Crippen LogP contribution in [-0.2, 0) is 9.59 Å². The van der Waals surface area contributed by atoms with Crippen LogP contribution in [0.4, 0.5) is 11.4 Å².